The SMILES string of the molecule is Cc1c(Cc2c(F)cccc2F)c2n(c(=O)c1-c1cccc(O)c1F)C(CN1CCN(c3cccc(Cl)c3)CC1)CS2. The minimum atomic E-state index is -0.902. The van der Waals surface area contributed by atoms with Gasteiger partial charge in [0.15, 0.2) is 11.6 Å². The van der Waals surface area contributed by atoms with E-state index in [0.29, 0.717) is 33.5 Å². The molecule has 10 heteroatoms. The third-order valence-electron chi connectivity index (χ3n) is 8.19. The van der Waals surface area contributed by atoms with Crippen molar-refractivity contribution in [3.8, 4) is 16.9 Å². The Balaban J connectivity index is 1.37. The molecule has 1 N–H and O–H groups in total. The minimum Gasteiger partial charge on any atom is -0.505 e. The zero-order chi connectivity index (χ0) is 29.5. The van der Waals surface area contributed by atoms with Crippen molar-refractivity contribution in [3.05, 3.63) is 110 Å². The number of piperazine rings is 1. The summed E-state index contributed by atoms with van der Waals surface area (Å²) in [4.78, 5) is 18.7. The summed E-state index contributed by atoms with van der Waals surface area (Å²) in [6.07, 6.45) is -0.0918. The van der Waals surface area contributed by atoms with E-state index in [0.717, 1.165) is 31.9 Å². The highest BCUT2D eigenvalue weighted by molar-refractivity contribution is 7.99. The molecule has 1 saturated heterocycles. The first-order valence-electron chi connectivity index (χ1n) is 13.8. The van der Waals surface area contributed by atoms with Crippen LogP contribution in [-0.4, -0.2) is 53.1 Å². The maximum absolute atomic E-state index is 15.2. The fourth-order valence-electron chi connectivity index (χ4n) is 5.98. The van der Waals surface area contributed by atoms with Crippen molar-refractivity contribution in [1.82, 2.24) is 9.47 Å². The fourth-order valence-corrected chi connectivity index (χ4v) is 7.54. The lowest BCUT2D eigenvalue weighted by Gasteiger charge is -2.37. The Labute approximate surface area is 251 Å². The third-order valence-corrected chi connectivity index (χ3v) is 9.70. The van der Waals surface area contributed by atoms with Gasteiger partial charge in [-0.15, -0.1) is 11.8 Å². The van der Waals surface area contributed by atoms with Crippen molar-refractivity contribution >= 4 is 29.1 Å². The molecule has 0 aliphatic carbocycles. The molecule has 218 valence electrons. The first-order chi connectivity index (χ1) is 20.2. The zero-order valence-corrected chi connectivity index (χ0v) is 24.5. The molecule has 3 heterocycles. The summed E-state index contributed by atoms with van der Waals surface area (Å²) < 4.78 is 46.4. The maximum Gasteiger partial charge on any atom is 0.260 e. The van der Waals surface area contributed by atoms with Gasteiger partial charge in [-0.05, 0) is 54.4 Å². The van der Waals surface area contributed by atoms with E-state index in [1.807, 2.05) is 24.3 Å². The molecule has 1 aromatic heterocycles. The lowest BCUT2D eigenvalue weighted by molar-refractivity contribution is 0.224. The standard InChI is InChI=1S/C32H29ClF3N3O2S/c1-19-24(16-25-26(34)8-4-9-27(25)35)32-39(31(41)29(19)23-7-3-10-28(40)30(23)36)22(18-42-32)17-37-11-13-38(14-12-37)21-6-2-5-20(33)15-21/h2-10,15,22,40H,11-14,16-18H2,1H3. The van der Waals surface area contributed by atoms with Crippen molar-refractivity contribution in [2.45, 2.75) is 24.4 Å². The number of halogens is 4. The molecule has 0 radical (unpaired) electrons. The van der Waals surface area contributed by atoms with Gasteiger partial charge < -0.3 is 10.0 Å². The van der Waals surface area contributed by atoms with Crippen LogP contribution in [0, 0.1) is 24.4 Å². The van der Waals surface area contributed by atoms with Crippen LogP contribution in [0.5, 0.6) is 5.75 Å². The molecule has 6 rings (SSSR count). The number of rotatable bonds is 6. The Hall–Kier alpha value is -3.40. The molecule has 4 aromatic rings. The summed E-state index contributed by atoms with van der Waals surface area (Å²) in [7, 11) is 0. The van der Waals surface area contributed by atoms with Crippen LogP contribution >= 0.6 is 23.4 Å². The van der Waals surface area contributed by atoms with Crippen LogP contribution in [0.1, 0.15) is 22.7 Å². The Morgan fingerprint density at radius 2 is 1.64 bits per heavy atom. The highest BCUT2D eigenvalue weighted by Crippen LogP contribution is 2.41. The monoisotopic (exact) mass is 611 g/mol. The third kappa shape index (κ3) is 5.29. The highest BCUT2D eigenvalue weighted by atomic mass is 35.5. The Morgan fingerprint density at radius 1 is 0.952 bits per heavy atom. The lowest BCUT2D eigenvalue weighted by atomic mass is 9.94. The number of hydrogen-bond donors (Lipinski definition) is 1. The Morgan fingerprint density at radius 3 is 2.36 bits per heavy atom. The maximum atomic E-state index is 15.2. The van der Waals surface area contributed by atoms with E-state index in [9.17, 15) is 18.7 Å². The van der Waals surface area contributed by atoms with Gasteiger partial charge >= 0.3 is 0 Å². The highest BCUT2D eigenvalue weighted by Gasteiger charge is 2.33. The lowest BCUT2D eigenvalue weighted by Crippen LogP contribution is -2.48. The summed E-state index contributed by atoms with van der Waals surface area (Å²) in [6, 6.07) is 15.4. The summed E-state index contributed by atoms with van der Waals surface area (Å²) in [5.41, 5.74) is 1.67. The molecular weight excluding hydrogens is 583 g/mol. The summed E-state index contributed by atoms with van der Waals surface area (Å²) in [6.45, 7) is 5.44. The van der Waals surface area contributed by atoms with Crippen LogP contribution in [0.25, 0.3) is 11.1 Å². The number of fused-ring (bicyclic) bond motifs is 1. The second kappa shape index (κ2) is 11.7. The van der Waals surface area contributed by atoms with Gasteiger partial charge in [0.1, 0.15) is 11.6 Å². The predicted molar refractivity (Wildman–Crippen MR) is 162 cm³/mol. The molecule has 0 amide bonds. The van der Waals surface area contributed by atoms with Crippen molar-refractivity contribution < 1.29 is 18.3 Å². The average molecular weight is 612 g/mol. The molecule has 42 heavy (non-hydrogen) atoms. The van der Waals surface area contributed by atoms with E-state index in [1.165, 1.54) is 48.2 Å². The zero-order valence-electron chi connectivity index (χ0n) is 22.9. The topological polar surface area (TPSA) is 48.7 Å². The number of phenolic OH excluding ortho intramolecular Hbond substituents is 1. The van der Waals surface area contributed by atoms with Gasteiger partial charge in [0.25, 0.3) is 5.56 Å². The number of pyridine rings is 1. The minimum absolute atomic E-state index is 0.0335. The van der Waals surface area contributed by atoms with Crippen molar-refractivity contribution in [2.75, 3.05) is 43.4 Å². The van der Waals surface area contributed by atoms with E-state index in [1.54, 1.807) is 11.5 Å². The van der Waals surface area contributed by atoms with E-state index in [-0.39, 0.29) is 34.7 Å². The number of nitrogens with zero attached hydrogens (tertiary/aromatic N) is 3. The van der Waals surface area contributed by atoms with E-state index in [4.69, 9.17) is 11.6 Å². The summed E-state index contributed by atoms with van der Waals surface area (Å²) in [5.74, 6) is -2.23. The van der Waals surface area contributed by atoms with Gasteiger partial charge in [-0.3, -0.25) is 14.3 Å². The van der Waals surface area contributed by atoms with Gasteiger partial charge in [-0.1, -0.05) is 35.9 Å². The molecule has 0 bridgehead atoms. The Kier molecular flexibility index (Phi) is 8.00. The van der Waals surface area contributed by atoms with E-state index >= 15 is 4.39 Å². The van der Waals surface area contributed by atoms with E-state index < -0.39 is 23.2 Å². The van der Waals surface area contributed by atoms with Crippen LogP contribution in [0.15, 0.2) is 70.5 Å². The molecule has 3 aromatic carbocycles. The van der Waals surface area contributed by atoms with Crippen LogP contribution in [0.3, 0.4) is 0 Å². The predicted octanol–water partition coefficient (Wildman–Crippen LogP) is 6.66. The number of hydrogen-bond acceptors (Lipinski definition) is 5. The normalized spacial score (nSPS) is 17.1. The van der Waals surface area contributed by atoms with Gasteiger partial charge in [0.2, 0.25) is 0 Å². The van der Waals surface area contributed by atoms with Crippen LogP contribution < -0.4 is 10.5 Å². The van der Waals surface area contributed by atoms with Gasteiger partial charge in [0.05, 0.1) is 16.6 Å². The van der Waals surface area contributed by atoms with Gasteiger partial charge in [-0.25, -0.2) is 13.2 Å². The molecule has 0 spiro atoms. The van der Waals surface area contributed by atoms with Gasteiger partial charge in [0, 0.05) is 66.7 Å². The van der Waals surface area contributed by atoms with Crippen LogP contribution in [-0.2, 0) is 6.42 Å². The molecule has 1 unspecified atom stereocenters. The average Bonchev–Trinajstić information content (AvgIpc) is 3.38. The van der Waals surface area contributed by atoms with Crippen molar-refractivity contribution in [2.24, 2.45) is 0 Å². The molecule has 1 atom stereocenters. The van der Waals surface area contributed by atoms with Gasteiger partial charge in [-0.2, -0.15) is 0 Å². The molecule has 0 saturated carbocycles. The second-order valence-electron chi connectivity index (χ2n) is 10.7. The quantitative estimate of drug-likeness (QED) is 0.264. The summed E-state index contributed by atoms with van der Waals surface area (Å²) >= 11 is 7.67. The van der Waals surface area contributed by atoms with Crippen LogP contribution in [0.4, 0.5) is 18.9 Å². The molecule has 2 aliphatic heterocycles. The fraction of sp³-hybridized carbons (Fsp3) is 0.281. The van der Waals surface area contributed by atoms with Crippen LogP contribution in [0.2, 0.25) is 5.02 Å². The first kappa shape index (κ1) is 28.7. The number of anilines is 1. The number of phenols is 1. The second-order valence-corrected chi connectivity index (χ2v) is 12.2. The molecule has 5 nitrogen and oxygen atoms in total. The van der Waals surface area contributed by atoms with Crippen molar-refractivity contribution in [1.29, 1.82) is 0 Å². The largest absolute Gasteiger partial charge is 0.505 e. The molecular formula is C32H29ClF3N3O2S. The smallest absolute Gasteiger partial charge is 0.260 e. The number of thioether (sulfide) groups is 1. The first-order valence-corrected chi connectivity index (χ1v) is 15.1. The summed E-state index contributed by atoms with van der Waals surface area (Å²) in [5, 5.41) is 11.4. The Bertz CT molecular complexity index is 1700. The number of aromatic hydroxyl groups is 1. The molecule has 2 aliphatic rings. The number of aromatic nitrogens is 1. The molecule has 1 fully saturated rings. The van der Waals surface area contributed by atoms with E-state index in [2.05, 4.69) is 9.80 Å². The van der Waals surface area contributed by atoms with Crippen molar-refractivity contribution in [3.63, 3.8) is 0 Å². The number of benzene rings is 3.